The summed E-state index contributed by atoms with van der Waals surface area (Å²) in [6.07, 6.45) is 0. The number of benzene rings is 1. The van der Waals surface area contributed by atoms with Crippen LogP contribution in [0.4, 0.5) is 0 Å². The van der Waals surface area contributed by atoms with Crippen molar-refractivity contribution in [3.8, 4) is 17.4 Å². The lowest BCUT2D eigenvalue weighted by Crippen LogP contribution is -1.95. The van der Waals surface area contributed by atoms with E-state index in [-0.39, 0.29) is 11.8 Å². The molecule has 0 saturated heterocycles. The second kappa shape index (κ2) is 5.03. The number of aryl methyl sites for hydroxylation is 1. The Morgan fingerprint density at radius 1 is 1.17 bits per heavy atom. The summed E-state index contributed by atoms with van der Waals surface area (Å²) in [5.41, 5.74) is 1.84. The minimum Gasteiger partial charge on any atom is -0.494 e. The van der Waals surface area contributed by atoms with Crippen molar-refractivity contribution < 1.29 is 10.2 Å². The molecule has 1 heterocycles. The Morgan fingerprint density at radius 2 is 1.83 bits per heavy atom. The van der Waals surface area contributed by atoms with Crippen molar-refractivity contribution in [3.63, 3.8) is 0 Å². The summed E-state index contributed by atoms with van der Waals surface area (Å²) in [5, 5.41) is 21.2. The number of alkyl halides is 1. The van der Waals surface area contributed by atoms with Gasteiger partial charge < -0.3 is 10.2 Å². The van der Waals surface area contributed by atoms with Crippen molar-refractivity contribution in [3.05, 3.63) is 39.4 Å². The van der Waals surface area contributed by atoms with E-state index >= 15 is 0 Å². The second-order valence-electron chi connectivity index (χ2n) is 3.87. The number of aromatic hydroxyl groups is 2. The van der Waals surface area contributed by atoms with E-state index in [0.29, 0.717) is 26.6 Å². The van der Waals surface area contributed by atoms with Crippen LogP contribution in [0.1, 0.15) is 11.1 Å². The topological polar surface area (TPSA) is 45.4 Å². The van der Waals surface area contributed by atoms with Crippen LogP contribution in [0.15, 0.2) is 18.2 Å². The second-order valence-corrected chi connectivity index (χ2v) is 5.25. The van der Waals surface area contributed by atoms with Gasteiger partial charge in [0.05, 0.1) is 10.7 Å². The van der Waals surface area contributed by atoms with E-state index in [1.165, 1.54) is 10.6 Å². The molecule has 96 valence electrons. The van der Waals surface area contributed by atoms with Crippen LogP contribution in [0.5, 0.6) is 11.8 Å². The molecule has 2 N–H and O–H groups in total. The van der Waals surface area contributed by atoms with Crippen LogP contribution >= 0.6 is 39.1 Å². The van der Waals surface area contributed by atoms with Crippen LogP contribution in [-0.4, -0.2) is 14.8 Å². The van der Waals surface area contributed by atoms with Crippen molar-refractivity contribution in [1.82, 2.24) is 4.57 Å². The van der Waals surface area contributed by atoms with E-state index in [4.69, 9.17) is 23.2 Å². The van der Waals surface area contributed by atoms with Gasteiger partial charge in [-0.25, -0.2) is 4.57 Å². The van der Waals surface area contributed by atoms with Crippen LogP contribution in [-0.2, 0) is 5.33 Å². The fourth-order valence-corrected chi connectivity index (χ4v) is 2.55. The summed E-state index contributed by atoms with van der Waals surface area (Å²) in [7, 11) is 0. The zero-order valence-electron chi connectivity index (χ0n) is 9.41. The van der Waals surface area contributed by atoms with E-state index in [2.05, 4.69) is 15.9 Å². The van der Waals surface area contributed by atoms with E-state index in [1.54, 1.807) is 12.1 Å². The maximum Gasteiger partial charge on any atom is 0.202 e. The molecule has 0 radical (unpaired) electrons. The SMILES string of the molecule is Cc1cc(Cl)c(-n2c(O)cc(CBr)c2O)cc1Cl. The highest BCUT2D eigenvalue weighted by atomic mass is 79.9. The molecule has 2 aromatic rings. The molecule has 18 heavy (non-hydrogen) atoms. The monoisotopic (exact) mass is 349 g/mol. The van der Waals surface area contributed by atoms with Gasteiger partial charge in [-0.2, -0.15) is 0 Å². The van der Waals surface area contributed by atoms with Gasteiger partial charge in [-0.3, -0.25) is 0 Å². The minimum absolute atomic E-state index is 0.0637. The Labute approximate surface area is 123 Å². The Kier molecular flexibility index (Phi) is 3.80. The Bertz CT molecular complexity index is 611. The summed E-state index contributed by atoms with van der Waals surface area (Å²) in [4.78, 5) is 0. The number of halogens is 3. The molecule has 0 spiro atoms. The Balaban J connectivity index is 2.69. The van der Waals surface area contributed by atoms with Gasteiger partial charge in [0.15, 0.2) is 5.88 Å². The van der Waals surface area contributed by atoms with Crippen LogP contribution in [0.2, 0.25) is 10.0 Å². The van der Waals surface area contributed by atoms with Gasteiger partial charge in [-0.15, -0.1) is 0 Å². The van der Waals surface area contributed by atoms with Crippen molar-refractivity contribution in [2.75, 3.05) is 0 Å². The van der Waals surface area contributed by atoms with E-state index < -0.39 is 0 Å². The first-order chi connectivity index (χ1) is 8.45. The summed E-state index contributed by atoms with van der Waals surface area (Å²) < 4.78 is 1.25. The highest BCUT2D eigenvalue weighted by molar-refractivity contribution is 9.08. The maximum absolute atomic E-state index is 10.0. The van der Waals surface area contributed by atoms with E-state index in [9.17, 15) is 10.2 Å². The highest BCUT2D eigenvalue weighted by Gasteiger charge is 2.17. The molecule has 0 bridgehead atoms. The van der Waals surface area contributed by atoms with Crippen LogP contribution in [0.25, 0.3) is 5.69 Å². The van der Waals surface area contributed by atoms with Gasteiger partial charge in [-0.05, 0) is 24.6 Å². The van der Waals surface area contributed by atoms with Crippen molar-refractivity contribution in [2.45, 2.75) is 12.3 Å². The quantitative estimate of drug-likeness (QED) is 0.788. The van der Waals surface area contributed by atoms with Gasteiger partial charge in [0.2, 0.25) is 5.88 Å². The smallest absolute Gasteiger partial charge is 0.202 e. The highest BCUT2D eigenvalue weighted by Crippen LogP contribution is 2.37. The molecule has 0 aliphatic carbocycles. The van der Waals surface area contributed by atoms with Gasteiger partial charge in [0.1, 0.15) is 0 Å². The molecule has 0 fully saturated rings. The number of rotatable bonds is 2. The molecule has 1 aromatic carbocycles. The van der Waals surface area contributed by atoms with E-state index in [0.717, 1.165) is 5.56 Å². The lowest BCUT2D eigenvalue weighted by atomic mass is 10.2. The molecule has 2 rings (SSSR count). The molecule has 6 heteroatoms. The van der Waals surface area contributed by atoms with Crippen molar-refractivity contribution in [1.29, 1.82) is 0 Å². The van der Waals surface area contributed by atoms with Crippen LogP contribution in [0.3, 0.4) is 0 Å². The molecular weight excluding hydrogens is 341 g/mol. The average Bonchev–Trinajstić information content (AvgIpc) is 2.59. The zero-order chi connectivity index (χ0) is 13.4. The van der Waals surface area contributed by atoms with Gasteiger partial charge in [0.25, 0.3) is 0 Å². The number of hydrogen-bond donors (Lipinski definition) is 2. The van der Waals surface area contributed by atoms with Gasteiger partial charge in [-0.1, -0.05) is 39.1 Å². The summed E-state index contributed by atoms with van der Waals surface area (Å²) >= 11 is 15.4. The molecule has 0 aliphatic rings. The number of aromatic nitrogens is 1. The average molecular weight is 351 g/mol. The first-order valence-electron chi connectivity index (χ1n) is 5.10. The normalized spacial score (nSPS) is 10.9. The predicted molar refractivity (Wildman–Crippen MR) is 76.5 cm³/mol. The third kappa shape index (κ3) is 2.20. The molecule has 0 amide bonds. The molecule has 0 aliphatic heterocycles. The third-order valence-electron chi connectivity index (χ3n) is 2.64. The molecule has 3 nitrogen and oxygen atoms in total. The number of hydrogen-bond acceptors (Lipinski definition) is 2. The largest absolute Gasteiger partial charge is 0.494 e. The minimum atomic E-state index is -0.0937. The molecule has 0 saturated carbocycles. The van der Waals surface area contributed by atoms with Crippen LogP contribution < -0.4 is 0 Å². The Morgan fingerprint density at radius 3 is 2.39 bits per heavy atom. The van der Waals surface area contributed by atoms with Crippen LogP contribution in [0, 0.1) is 6.92 Å². The maximum atomic E-state index is 10.0. The zero-order valence-corrected chi connectivity index (χ0v) is 12.5. The Hall–Kier alpha value is -0.840. The fraction of sp³-hybridized carbons (Fsp3) is 0.167. The summed E-state index contributed by atoms with van der Waals surface area (Å²) in [6, 6.07) is 4.76. The third-order valence-corrected chi connectivity index (χ3v) is 3.96. The van der Waals surface area contributed by atoms with Gasteiger partial charge >= 0.3 is 0 Å². The lowest BCUT2D eigenvalue weighted by molar-refractivity contribution is 0.401. The lowest BCUT2D eigenvalue weighted by Gasteiger charge is -2.11. The molecule has 0 unspecified atom stereocenters. The molecule has 0 atom stereocenters. The first kappa shape index (κ1) is 13.6. The number of nitrogens with zero attached hydrogens (tertiary/aromatic N) is 1. The van der Waals surface area contributed by atoms with Gasteiger partial charge in [0, 0.05) is 22.0 Å². The molecular formula is C12H10BrCl2NO2. The molecule has 1 aromatic heterocycles. The predicted octanol–water partition coefficient (Wildman–Crippen LogP) is 4.40. The van der Waals surface area contributed by atoms with Crippen molar-refractivity contribution >= 4 is 39.1 Å². The summed E-state index contributed by atoms with van der Waals surface area (Å²) in [6.45, 7) is 1.83. The standard InChI is InChI=1S/C12H10BrCl2NO2/c1-6-2-9(15)10(4-8(6)14)16-11(17)3-7(5-13)12(16)18/h2-4,17-18H,5H2,1H3. The fourth-order valence-electron chi connectivity index (χ4n) is 1.68. The van der Waals surface area contributed by atoms with E-state index in [1.807, 2.05) is 6.92 Å². The summed E-state index contributed by atoms with van der Waals surface area (Å²) in [5.74, 6) is -0.157. The first-order valence-corrected chi connectivity index (χ1v) is 6.98. The van der Waals surface area contributed by atoms with Crippen molar-refractivity contribution in [2.24, 2.45) is 0 Å².